The predicted octanol–water partition coefficient (Wildman–Crippen LogP) is 4.18. The summed E-state index contributed by atoms with van der Waals surface area (Å²) >= 11 is 1.45. The van der Waals surface area contributed by atoms with Gasteiger partial charge in [-0.1, -0.05) is 36.4 Å². The Kier molecular flexibility index (Phi) is 5.85. The van der Waals surface area contributed by atoms with E-state index in [0.717, 1.165) is 54.7 Å². The Bertz CT molecular complexity index is 1370. The van der Waals surface area contributed by atoms with Gasteiger partial charge in [0, 0.05) is 29.1 Å². The van der Waals surface area contributed by atoms with Crippen LogP contribution in [0.25, 0.3) is 20.3 Å². The number of thiophene rings is 1. The zero-order valence-corrected chi connectivity index (χ0v) is 19.0. The van der Waals surface area contributed by atoms with Crippen LogP contribution in [0.15, 0.2) is 58.1 Å². The molecule has 1 atom stereocenters. The highest BCUT2D eigenvalue weighted by Gasteiger charge is 2.25. The molecule has 1 fully saturated rings. The van der Waals surface area contributed by atoms with Crippen LogP contribution in [0.3, 0.4) is 0 Å². The van der Waals surface area contributed by atoms with Crippen molar-refractivity contribution in [2.75, 3.05) is 26.7 Å². The molecule has 32 heavy (non-hydrogen) atoms. The lowest BCUT2D eigenvalue weighted by Gasteiger charge is -2.17. The topological polar surface area (TPSA) is 67.3 Å². The number of H-pyrrole nitrogens is 1. The van der Waals surface area contributed by atoms with Gasteiger partial charge >= 0.3 is 5.69 Å². The van der Waals surface area contributed by atoms with Crippen molar-refractivity contribution in [3.63, 3.8) is 0 Å². The summed E-state index contributed by atoms with van der Waals surface area (Å²) < 4.78 is 8.54. The second-order valence-corrected chi connectivity index (χ2v) is 9.48. The molecule has 0 saturated carbocycles. The molecule has 5 rings (SSSR count). The highest BCUT2D eigenvalue weighted by atomic mass is 32.1. The normalized spacial score (nSPS) is 16.8. The first-order valence-corrected chi connectivity index (χ1v) is 12.0. The number of likely N-dealkylation sites (tertiary alicyclic amines) is 1. The lowest BCUT2D eigenvalue weighted by atomic mass is 9.97. The number of para-hydroxylation sites is 1. The fraction of sp³-hybridized carbons (Fsp3) is 0.360. The van der Waals surface area contributed by atoms with Gasteiger partial charge in [0.1, 0.15) is 10.4 Å². The highest BCUT2D eigenvalue weighted by Crippen LogP contribution is 2.33. The molecule has 2 aromatic carbocycles. The molecule has 3 heterocycles. The number of unbranched alkanes of at least 4 members (excludes halogenated alkanes) is 1. The number of methoxy groups -OCH3 is 1. The first-order chi connectivity index (χ1) is 15.7. The summed E-state index contributed by atoms with van der Waals surface area (Å²) in [7, 11) is 1.73. The maximum Gasteiger partial charge on any atom is 0.328 e. The number of fused-ring (bicyclic) bond motifs is 3. The van der Waals surface area contributed by atoms with E-state index in [9.17, 15) is 9.59 Å². The molecular formula is C25H27N3O3S. The number of benzene rings is 2. The standard InChI is InChI=1S/C25H27N3O3S/c1-31-20-10-4-2-8-18(20)17-12-15-27(16-17)13-6-7-14-28-24(29)23-22(26-25(28)30)19-9-3-5-11-21(19)32-23/h2-5,8-11,17H,6-7,12-16H2,1H3,(H,26,30)/t17-/m1/s1. The molecule has 4 aromatic rings. The average Bonchev–Trinajstić information content (AvgIpc) is 3.43. The minimum Gasteiger partial charge on any atom is -0.496 e. The number of nitrogens with one attached hydrogen (secondary N) is 1. The average molecular weight is 450 g/mol. The van der Waals surface area contributed by atoms with Crippen LogP contribution in [0.2, 0.25) is 0 Å². The van der Waals surface area contributed by atoms with Crippen molar-refractivity contribution in [2.45, 2.75) is 31.7 Å². The minimum atomic E-state index is -0.316. The van der Waals surface area contributed by atoms with Gasteiger partial charge in [0.25, 0.3) is 5.56 Å². The number of hydrogen-bond donors (Lipinski definition) is 1. The number of nitrogens with zero attached hydrogens (tertiary/aromatic N) is 2. The van der Waals surface area contributed by atoms with Crippen LogP contribution in [0.1, 0.15) is 30.7 Å². The minimum absolute atomic E-state index is 0.178. The molecule has 166 valence electrons. The Labute approximate surface area is 190 Å². The first-order valence-electron chi connectivity index (χ1n) is 11.2. The molecule has 7 heteroatoms. The second-order valence-electron chi connectivity index (χ2n) is 8.42. The lowest BCUT2D eigenvalue weighted by Crippen LogP contribution is -2.34. The van der Waals surface area contributed by atoms with Gasteiger partial charge in [-0.2, -0.15) is 0 Å². The van der Waals surface area contributed by atoms with Crippen LogP contribution in [0, 0.1) is 0 Å². The van der Waals surface area contributed by atoms with E-state index in [0.29, 0.717) is 22.7 Å². The molecule has 1 saturated heterocycles. The molecule has 0 bridgehead atoms. The van der Waals surface area contributed by atoms with Crippen molar-refractivity contribution in [1.82, 2.24) is 14.5 Å². The maximum absolute atomic E-state index is 13.0. The predicted molar refractivity (Wildman–Crippen MR) is 130 cm³/mol. The highest BCUT2D eigenvalue weighted by molar-refractivity contribution is 7.25. The molecular weight excluding hydrogens is 422 g/mol. The van der Waals surface area contributed by atoms with Crippen molar-refractivity contribution >= 4 is 31.6 Å². The molecule has 0 aliphatic carbocycles. The van der Waals surface area contributed by atoms with Crippen LogP contribution in [0.4, 0.5) is 0 Å². The van der Waals surface area contributed by atoms with E-state index in [1.165, 1.54) is 21.5 Å². The fourth-order valence-electron chi connectivity index (χ4n) is 4.81. The molecule has 2 aromatic heterocycles. The van der Waals surface area contributed by atoms with Crippen molar-refractivity contribution in [1.29, 1.82) is 0 Å². The summed E-state index contributed by atoms with van der Waals surface area (Å²) in [5, 5.41) is 0.937. The van der Waals surface area contributed by atoms with E-state index < -0.39 is 0 Å². The summed E-state index contributed by atoms with van der Waals surface area (Å²) in [6, 6.07) is 16.1. The molecule has 6 nitrogen and oxygen atoms in total. The summed E-state index contributed by atoms with van der Waals surface area (Å²) in [4.78, 5) is 31.0. The van der Waals surface area contributed by atoms with E-state index in [4.69, 9.17) is 4.74 Å². The molecule has 1 N–H and O–H groups in total. The van der Waals surface area contributed by atoms with Crippen LogP contribution in [-0.4, -0.2) is 41.2 Å². The van der Waals surface area contributed by atoms with Crippen molar-refractivity contribution in [3.05, 3.63) is 74.9 Å². The Hall–Kier alpha value is -2.90. The van der Waals surface area contributed by atoms with Gasteiger partial charge in [-0.15, -0.1) is 11.3 Å². The summed E-state index contributed by atoms with van der Waals surface area (Å²) in [5.74, 6) is 1.46. The van der Waals surface area contributed by atoms with Crippen LogP contribution in [-0.2, 0) is 6.54 Å². The number of hydrogen-bond acceptors (Lipinski definition) is 5. The Balaban J connectivity index is 1.21. The van der Waals surface area contributed by atoms with Gasteiger partial charge in [0.2, 0.25) is 0 Å². The van der Waals surface area contributed by atoms with Gasteiger partial charge in [-0.25, -0.2) is 4.79 Å². The van der Waals surface area contributed by atoms with E-state index in [1.54, 1.807) is 7.11 Å². The Morgan fingerprint density at radius 3 is 2.72 bits per heavy atom. The van der Waals surface area contributed by atoms with Gasteiger partial charge < -0.3 is 14.6 Å². The molecule has 0 amide bonds. The number of rotatable bonds is 7. The van der Waals surface area contributed by atoms with E-state index in [-0.39, 0.29) is 11.2 Å². The molecule has 0 radical (unpaired) electrons. The van der Waals surface area contributed by atoms with Gasteiger partial charge in [0.05, 0.1) is 12.6 Å². The fourth-order valence-corrected chi connectivity index (χ4v) is 5.92. The SMILES string of the molecule is COc1ccccc1[C@@H]1CCN(CCCCn2c(=O)[nH]c3c(sc4ccccc43)c2=O)C1. The maximum atomic E-state index is 13.0. The number of aromatic nitrogens is 2. The van der Waals surface area contributed by atoms with Crippen molar-refractivity contribution in [2.24, 2.45) is 0 Å². The third-order valence-corrected chi connectivity index (χ3v) is 7.63. The van der Waals surface area contributed by atoms with E-state index in [2.05, 4.69) is 22.0 Å². The quantitative estimate of drug-likeness (QED) is 0.430. The summed E-state index contributed by atoms with van der Waals surface area (Å²) in [6.45, 7) is 3.51. The Morgan fingerprint density at radius 2 is 1.84 bits per heavy atom. The van der Waals surface area contributed by atoms with Gasteiger partial charge in [-0.05, 0) is 50.0 Å². The van der Waals surface area contributed by atoms with Gasteiger partial charge in [0.15, 0.2) is 0 Å². The second kappa shape index (κ2) is 8.92. The van der Waals surface area contributed by atoms with Crippen LogP contribution < -0.4 is 16.0 Å². The largest absolute Gasteiger partial charge is 0.496 e. The summed E-state index contributed by atoms with van der Waals surface area (Å²) in [6.07, 6.45) is 2.88. The molecule has 1 aliphatic rings. The van der Waals surface area contributed by atoms with Crippen LogP contribution in [0.5, 0.6) is 5.75 Å². The van der Waals surface area contributed by atoms with Crippen molar-refractivity contribution in [3.8, 4) is 5.75 Å². The first kappa shape index (κ1) is 21.0. The van der Waals surface area contributed by atoms with Gasteiger partial charge in [-0.3, -0.25) is 9.36 Å². The summed E-state index contributed by atoms with van der Waals surface area (Å²) in [5.41, 5.74) is 1.45. The molecule has 1 aliphatic heterocycles. The van der Waals surface area contributed by atoms with E-state index in [1.807, 2.05) is 36.4 Å². The van der Waals surface area contributed by atoms with Crippen molar-refractivity contribution < 1.29 is 4.74 Å². The number of aromatic amines is 1. The molecule has 0 unspecified atom stereocenters. The third-order valence-electron chi connectivity index (χ3n) is 6.47. The van der Waals surface area contributed by atoms with Crippen LogP contribution >= 0.6 is 11.3 Å². The number of ether oxygens (including phenoxy) is 1. The lowest BCUT2D eigenvalue weighted by molar-refractivity contribution is 0.320. The molecule has 0 spiro atoms. The monoisotopic (exact) mass is 449 g/mol. The Morgan fingerprint density at radius 1 is 1.06 bits per heavy atom. The third kappa shape index (κ3) is 3.87. The zero-order chi connectivity index (χ0) is 22.1. The van der Waals surface area contributed by atoms with E-state index >= 15 is 0 Å². The smallest absolute Gasteiger partial charge is 0.328 e. The zero-order valence-electron chi connectivity index (χ0n) is 18.2.